The lowest BCUT2D eigenvalue weighted by Gasteiger charge is -2.31. The number of carbonyl (C=O) groups is 2. The highest BCUT2D eigenvalue weighted by molar-refractivity contribution is 7.97. The molecule has 0 spiro atoms. The molecule has 0 N–H and O–H groups in total. The molecule has 0 aliphatic carbocycles. The number of rotatable bonds is 12. The van der Waals surface area contributed by atoms with Crippen LogP contribution in [0.25, 0.3) is 0 Å². The van der Waals surface area contributed by atoms with Crippen molar-refractivity contribution in [1.82, 2.24) is 4.31 Å². The number of esters is 2. The number of likely N-dealkylation sites (N-methyl/N-ethyl adjacent to an activating group) is 1. The third kappa shape index (κ3) is 7.29. The fourth-order valence-electron chi connectivity index (χ4n) is 3.43. The predicted molar refractivity (Wildman–Crippen MR) is 136 cm³/mol. The van der Waals surface area contributed by atoms with Gasteiger partial charge in [-0.25, -0.2) is 9.10 Å². The van der Waals surface area contributed by atoms with Crippen molar-refractivity contribution in [1.29, 1.82) is 0 Å². The van der Waals surface area contributed by atoms with Crippen LogP contribution in [0.5, 0.6) is 5.75 Å². The Balaban J connectivity index is 2.00. The summed E-state index contributed by atoms with van der Waals surface area (Å²) in [7, 11) is 4.29. The van der Waals surface area contributed by atoms with E-state index in [9.17, 15) is 19.7 Å². The average molecular weight is 527 g/mol. The quantitative estimate of drug-likeness (QED) is 0.108. The molecule has 0 aromatic heterocycles. The van der Waals surface area contributed by atoms with Crippen LogP contribution in [0.2, 0.25) is 0 Å². The molecule has 3 rings (SSSR count). The third-order valence-corrected chi connectivity index (χ3v) is 6.28. The Morgan fingerprint density at radius 2 is 1.62 bits per heavy atom. The zero-order chi connectivity index (χ0) is 26.8. The summed E-state index contributed by atoms with van der Waals surface area (Å²) >= 11 is 0.969. The fourth-order valence-corrected chi connectivity index (χ4v) is 4.43. The number of benzene rings is 3. The van der Waals surface area contributed by atoms with Crippen LogP contribution in [-0.4, -0.2) is 55.3 Å². The molecule has 0 heterocycles. The molecule has 0 radical (unpaired) electrons. The van der Waals surface area contributed by atoms with Gasteiger partial charge in [0.25, 0.3) is 5.69 Å². The van der Waals surface area contributed by atoms with Crippen LogP contribution >= 0.6 is 11.9 Å². The van der Waals surface area contributed by atoms with E-state index in [-0.39, 0.29) is 12.5 Å². The van der Waals surface area contributed by atoms with E-state index < -0.39 is 29.0 Å². The van der Waals surface area contributed by atoms with Crippen molar-refractivity contribution >= 4 is 29.6 Å². The van der Waals surface area contributed by atoms with Gasteiger partial charge in [0.15, 0.2) is 18.9 Å². The Hall–Kier alpha value is -3.93. The Bertz CT molecular complexity index is 1210. The highest BCUT2D eigenvalue weighted by atomic mass is 32.2. The van der Waals surface area contributed by atoms with Gasteiger partial charge in [-0.05, 0) is 54.9 Å². The molecular formula is C26H26N2O8S. The van der Waals surface area contributed by atoms with Crippen LogP contribution in [0.3, 0.4) is 0 Å². The average Bonchev–Trinajstić information content (AvgIpc) is 2.92. The van der Waals surface area contributed by atoms with Gasteiger partial charge in [0.05, 0.1) is 17.6 Å². The Morgan fingerprint density at radius 1 is 0.973 bits per heavy atom. The number of carbonyl (C=O) groups excluding carboxylic acids is 2. The molecule has 0 saturated heterocycles. The van der Waals surface area contributed by atoms with E-state index in [1.54, 1.807) is 79.8 Å². The minimum atomic E-state index is -1.16. The van der Waals surface area contributed by atoms with Gasteiger partial charge in [0.2, 0.25) is 0 Å². The number of ether oxygens (including phenoxy) is 4. The van der Waals surface area contributed by atoms with Gasteiger partial charge < -0.3 is 18.9 Å². The monoisotopic (exact) mass is 526 g/mol. The van der Waals surface area contributed by atoms with Crippen LogP contribution in [0.15, 0.2) is 83.8 Å². The van der Waals surface area contributed by atoms with Crippen LogP contribution in [0.4, 0.5) is 5.69 Å². The lowest BCUT2D eigenvalue weighted by Crippen LogP contribution is -2.42. The summed E-state index contributed by atoms with van der Waals surface area (Å²) in [5.41, 5.74) is 0.657. The second kappa shape index (κ2) is 13.4. The molecule has 37 heavy (non-hydrogen) atoms. The molecule has 3 aromatic carbocycles. The Kier molecular flexibility index (Phi) is 10.0. The summed E-state index contributed by atoms with van der Waals surface area (Å²) in [4.78, 5) is 37.4. The Morgan fingerprint density at radius 3 is 2.24 bits per heavy atom. The zero-order valence-corrected chi connectivity index (χ0v) is 21.3. The largest absolute Gasteiger partial charge is 0.468 e. The van der Waals surface area contributed by atoms with Crippen LogP contribution < -0.4 is 4.74 Å². The summed E-state index contributed by atoms with van der Waals surface area (Å²) in [6.07, 6.45) is -1.13. The van der Waals surface area contributed by atoms with E-state index in [4.69, 9.17) is 18.9 Å². The SMILES string of the molecule is COCOc1ccc([C@@H](OC(=O)c2ccccc2)[C@H](C(=O)OC)N(C)Sc2ccccc2[N+](=O)[O-])cc1. The maximum atomic E-state index is 13.1. The number of para-hydroxylation sites is 1. The van der Waals surface area contributed by atoms with Gasteiger partial charge in [-0.1, -0.05) is 42.5 Å². The van der Waals surface area contributed by atoms with Crippen LogP contribution in [-0.2, 0) is 19.0 Å². The minimum absolute atomic E-state index is 0.0474. The number of hydrogen-bond donors (Lipinski definition) is 0. The first-order chi connectivity index (χ1) is 17.8. The summed E-state index contributed by atoms with van der Waals surface area (Å²) in [6, 6.07) is 20.0. The van der Waals surface area contributed by atoms with Crippen molar-refractivity contribution in [3.63, 3.8) is 0 Å². The van der Waals surface area contributed by atoms with Crippen LogP contribution in [0.1, 0.15) is 22.0 Å². The lowest BCUT2D eigenvalue weighted by atomic mass is 10.0. The van der Waals surface area contributed by atoms with Gasteiger partial charge in [-0.3, -0.25) is 14.9 Å². The lowest BCUT2D eigenvalue weighted by molar-refractivity contribution is -0.387. The van der Waals surface area contributed by atoms with E-state index >= 15 is 0 Å². The van der Waals surface area contributed by atoms with Crippen molar-refractivity contribution in [3.8, 4) is 5.75 Å². The molecule has 194 valence electrons. The second-order valence-corrected chi connectivity index (χ2v) is 8.84. The van der Waals surface area contributed by atoms with Gasteiger partial charge in [0.1, 0.15) is 10.6 Å². The van der Waals surface area contributed by atoms with E-state index in [0.29, 0.717) is 21.8 Å². The first-order valence-corrected chi connectivity index (χ1v) is 11.8. The van der Waals surface area contributed by atoms with Crippen molar-refractivity contribution in [3.05, 3.63) is 100 Å². The van der Waals surface area contributed by atoms with Crippen LogP contribution in [0, 0.1) is 10.1 Å². The summed E-state index contributed by atoms with van der Waals surface area (Å²) < 4.78 is 22.8. The number of nitrogens with zero attached hydrogens (tertiary/aromatic N) is 2. The molecule has 0 unspecified atom stereocenters. The van der Waals surface area contributed by atoms with E-state index in [2.05, 4.69) is 0 Å². The van der Waals surface area contributed by atoms with Crippen molar-refractivity contribution in [2.45, 2.75) is 17.0 Å². The van der Waals surface area contributed by atoms with Gasteiger partial charge >= 0.3 is 11.9 Å². The molecule has 0 amide bonds. The van der Waals surface area contributed by atoms with Gasteiger partial charge in [0, 0.05) is 13.2 Å². The van der Waals surface area contributed by atoms with Crippen molar-refractivity contribution in [2.24, 2.45) is 0 Å². The first-order valence-electron chi connectivity index (χ1n) is 11.1. The number of nitro benzene ring substituents is 1. The maximum Gasteiger partial charge on any atom is 0.338 e. The van der Waals surface area contributed by atoms with E-state index in [1.165, 1.54) is 24.6 Å². The molecule has 0 fully saturated rings. The van der Waals surface area contributed by atoms with E-state index in [1.807, 2.05) is 0 Å². The Labute approximate surface area is 218 Å². The molecule has 0 bridgehead atoms. The number of hydrogen-bond acceptors (Lipinski definition) is 10. The molecule has 10 nitrogen and oxygen atoms in total. The summed E-state index contributed by atoms with van der Waals surface area (Å²) in [5, 5.41) is 11.5. The molecule has 3 aromatic rings. The van der Waals surface area contributed by atoms with Gasteiger partial charge in [-0.2, -0.15) is 0 Å². The smallest absolute Gasteiger partial charge is 0.338 e. The molecule has 0 saturated carbocycles. The fraction of sp³-hybridized carbons (Fsp3) is 0.231. The highest BCUT2D eigenvalue weighted by Gasteiger charge is 2.38. The maximum absolute atomic E-state index is 13.1. The molecule has 11 heteroatoms. The zero-order valence-electron chi connectivity index (χ0n) is 20.4. The summed E-state index contributed by atoms with van der Waals surface area (Å²) in [6.45, 7) is 0.0474. The topological polar surface area (TPSA) is 117 Å². The second-order valence-electron chi connectivity index (χ2n) is 7.64. The number of methoxy groups -OCH3 is 2. The molecular weight excluding hydrogens is 500 g/mol. The molecule has 2 atom stereocenters. The first kappa shape index (κ1) is 27.7. The third-order valence-electron chi connectivity index (χ3n) is 5.22. The van der Waals surface area contributed by atoms with Crippen molar-refractivity contribution < 1.29 is 33.5 Å². The van der Waals surface area contributed by atoms with Gasteiger partial charge in [-0.15, -0.1) is 0 Å². The normalized spacial score (nSPS) is 12.4. The number of nitro groups is 1. The standard InChI is InChI=1S/C26H26N2O8S/c1-27(37-22-12-8-7-11-21(22)28(31)32)23(26(30)34-3)24(36-25(29)19-9-5-4-6-10-19)18-13-15-20(16-14-18)35-17-33-2/h4-16,23-24H,17H2,1-3H3/t23-,24-/m1/s1. The molecule has 0 aliphatic rings. The summed E-state index contributed by atoms with van der Waals surface area (Å²) in [5.74, 6) is -0.835. The highest BCUT2D eigenvalue weighted by Crippen LogP contribution is 2.36. The van der Waals surface area contributed by atoms with Crippen molar-refractivity contribution in [2.75, 3.05) is 28.1 Å². The minimum Gasteiger partial charge on any atom is -0.468 e. The predicted octanol–water partition coefficient (Wildman–Crippen LogP) is 4.66. The van der Waals surface area contributed by atoms with E-state index in [0.717, 1.165) is 11.9 Å². The molecule has 0 aliphatic heterocycles.